The Morgan fingerprint density at radius 3 is 1.88 bits per heavy atom. The van der Waals surface area contributed by atoms with Crippen molar-refractivity contribution in [2.45, 2.75) is 0 Å². The second kappa shape index (κ2) is 9.72. The smallest absolute Gasteiger partial charge is 0.402 e. The van der Waals surface area contributed by atoms with Gasteiger partial charge >= 0.3 is 6.09 Å². The Balaban J connectivity index is 0. The zero-order valence-electron chi connectivity index (χ0n) is 4.30. The van der Waals surface area contributed by atoms with Crippen LogP contribution in [0.4, 0.5) is 4.79 Å². The Hall–Kier alpha value is -0.480. The van der Waals surface area contributed by atoms with Crippen LogP contribution in [0.15, 0.2) is 0 Å². The van der Waals surface area contributed by atoms with E-state index in [1.807, 2.05) is 0 Å². The highest BCUT2D eigenvalue weighted by atomic mass is 35.5. The third kappa shape index (κ3) is 417. The lowest BCUT2D eigenvalue weighted by atomic mass is 10.8. The average molecular weight is 141 g/mol. The van der Waals surface area contributed by atoms with Crippen molar-refractivity contribution < 1.29 is 9.90 Å². The van der Waals surface area contributed by atoms with Crippen molar-refractivity contribution in [2.75, 3.05) is 12.4 Å². The zero-order valence-corrected chi connectivity index (χ0v) is 5.06. The molecule has 0 rings (SSSR count). The van der Waals surface area contributed by atoms with E-state index in [0.29, 0.717) is 12.4 Å². The summed E-state index contributed by atoms with van der Waals surface area (Å²) in [5, 5.41) is 7.19. The highest BCUT2D eigenvalue weighted by molar-refractivity contribution is 6.18. The first kappa shape index (κ1) is 10.5. The Morgan fingerprint density at radius 2 is 1.88 bits per heavy atom. The molecule has 0 bridgehead atoms. The van der Waals surface area contributed by atoms with Gasteiger partial charge in [-0.1, -0.05) is 0 Å². The number of alkyl halides is 1. The van der Waals surface area contributed by atoms with Crippen molar-refractivity contribution >= 4 is 17.7 Å². The third-order valence-corrected chi connectivity index (χ3v) is 0.327. The lowest BCUT2D eigenvalue weighted by Gasteiger charge is -1.68. The molecule has 0 heterocycles. The first-order chi connectivity index (χ1) is 3.65. The topological polar surface area (TPSA) is 89.3 Å². The quantitative estimate of drug-likeness (QED) is 0.441. The molecule has 0 aromatic rings. The molecule has 0 aromatic carbocycles. The number of primary amides is 1. The summed E-state index contributed by atoms with van der Waals surface area (Å²) in [4.78, 5) is 8.78. The first-order valence-corrected chi connectivity index (χ1v) is 2.43. The molecule has 0 fully saturated rings. The number of halogens is 1. The van der Waals surface area contributed by atoms with Gasteiger partial charge in [0.25, 0.3) is 0 Å². The summed E-state index contributed by atoms with van der Waals surface area (Å²) < 4.78 is 0. The van der Waals surface area contributed by atoms with E-state index in [1.54, 1.807) is 0 Å². The van der Waals surface area contributed by atoms with Gasteiger partial charge in [-0.3, -0.25) is 0 Å². The van der Waals surface area contributed by atoms with Crippen LogP contribution in [0.3, 0.4) is 0 Å². The van der Waals surface area contributed by atoms with E-state index in [4.69, 9.17) is 27.2 Å². The van der Waals surface area contributed by atoms with Crippen LogP contribution in [0.25, 0.3) is 0 Å². The molecule has 0 unspecified atom stereocenters. The Morgan fingerprint density at radius 1 is 1.75 bits per heavy atom. The van der Waals surface area contributed by atoms with Crippen molar-refractivity contribution in [1.82, 2.24) is 0 Å². The maximum Gasteiger partial charge on any atom is 0.402 e. The largest absolute Gasteiger partial charge is 0.465 e. The van der Waals surface area contributed by atoms with Crippen molar-refractivity contribution in [3.8, 4) is 0 Å². The second-order valence-electron chi connectivity index (χ2n) is 0.816. The molecule has 0 saturated heterocycles. The Bertz CT molecular complexity index is 53.2. The molecule has 0 spiro atoms. The standard InChI is InChI=1S/C2H6ClN.CH3NO2/c3-1-2-4;2-1(3)4/h1-2,4H2;2H2,(H,3,4). The fourth-order valence-corrected chi connectivity index (χ4v) is 0. The van der Waals surface area contributed by atoms with Gasteiger partial charge in [0.05, 0.1) is 0 Å². The molecular formula is C3H9ClN2O2. The summed E-state index contributed by atoms with van der Waals surface area (Å²) in [6.45, 7) is 0.585. The SMILES string of the molecule is NC(=O)O.NCCCl. The molecule has 5 heteroatoms. The molecular weight excluding hydrogens is 131 g/mol. The number of nitrogens with two attached hydrogens (primary N) is 2. The molecule has 0 aromatic heterocycles. The van der Waals surface area contributed by atoms with Crippen LogP contribution < -0.4 is 11.5 Å². The van der Waals surface area contributed by atoms with E-state index in [9.17, 15) is 0 Å². The molecule has 50 valence electrons. The number of carboxylic acid groups (broad SMARTS) is 1. The van der Waals surface area contributed by atoms with E-state index >= 15 is 0 Å². The van der Waals surface area contributed by atoms with Crippen LogP contribution in [0, 0.1) is 0 Å². The highest BCUT2D eigenvalue weighted by Gasteiger charge is 1.65. The summed E-state index contributed by atoms with van der Waals surface area (Å²) in [6.07, 6.45) is -1.33. The zero-order chi connectivity index (χ0) is 6.99. The normalized spacial score (nSPS) is 6.75. The van der Waals surface area contributed by atoms with Gasteiger partial charge in [0, 0.05) is 12.4 Å². The van der Waals surface area contributed by atoms with Crippen molar-refractivity contribution in [1.29, 1.82) is 0 Å². The minimum absolute atomic E-state index is 0.569. The van der Waals surface area contributed by atoms with E-state index < -0.39 is 6.09 Å². The summed E-state index contributed by atoms with van der Waals surface area (Å²) in [7, 11) is 0. The number of amides is 1. The van der Waals surface area contributed by atoms with Gasteiger partial charge in [0.2, 0.25) is 0 Å². The van der Waals surface area contributed by atoms with Gasteiger partial charge in [0.1, 0.15) is 0 Å². The molecule has 0 radical (unpaired) electrons. The van der Waals surface area contributed by atoms with E-state index in [0.717, 1.165) is 0 Å². The number of hydrogen-bond donors (Lipinski definition) is 3. The maximum atomic E-state index is 8.78. The molecule has 0 aliphatic rings. The van der Waals surface area contributed by atoms with Gasteiger partial charge in [-0.2, -0.15) is 0 Å². The minimum atomic E-state index is -1.33. The average Bonchev–Trinajstić information content (AvgIpc) is 1.65. The van der Waals surface area contributed by atoms with Crippen LogP contribution in [0.5, 0.6) is 0 Å². The van der Waals surface area contributed by atoms with Crippen LogP contribution in [0.2, 0.25) is 0 Å². The molecule has 0 atom stereocenters. The van der Waals surface area contributed by atoms with Gasteiger partial charge in [-0.05, 0) is 0 Å². The third-order valence-electron chi connectivity index (χ3n) is 0.109. The second-order valence-corrected chi connectivity index (χ2v) is 1.19. The molecule has 5 N–H and O–H groups in total. The van der Waals surface area contributed by atoms with Crippen LogP contribution in [0.1, 0.15) is 0 Å². The summed E-state index contributed by atoms with van der Waals surface area (Å²) in [6, 6.07) is 0. The van der Waals surface area contributed by atoms with Gasteiger partial charge in [-0.15, -0.1) is 11.6 Å². The van der Waals surface area contributed by atoms with Gasteiger partial charge < -0.3 is 16.6 Å². The summed E-state index contributed by atoms with van der Waals surface area (Å²) in [5.41, 5.74) is 8.92. The molecule has 0 aliphatic carbocycles. The fraction of sp³-hybridized carbons (Fsp3) is 0.667. The monoisotopic (exact) mass is 140 g/mol. The van der Waals surface area contributed by atoms with Gasteiger partial charge in [0.15, 0.2) is 0 Å². The van der Waals surface area contributed by atoms with Gasteiger partial charge in [-0.25, -0.2) is 4.79 Å². The van der Waals surface area contributed by atoms with E-state index in [1.165, 1.54) is 0 Å². The maximum absolute atomic E-state index is 8.78. The molecule has 4 nitrogen and oxygen atoms in total. The number of hydrogen-bond acceptors (Lipinski definition) is 2. The summed E-state index contributed by atoms with van der Waals surface area (Å²) in [5.74, 6) is 0.569. The van der Waals surface area contributed by atoms with Crippen molar-refractivity contribution in [3.05, 3.63) is 0 Å². The lowest BCUT2D eigenvalue weighted by molar-refractivity contribution is 0.205. The molecule has 8 heavy (non-hydrogen) atoms. The summed E-state index contributed by atoms with van der Waals surface area (Å²) >= 11 is 5.06. The molecule has 1 amide bonds. The number of rotatable bonds is 1. The first-order valence-electron chi connectivity index (χ1n) is 1.89. The highest BCUT2D eigenvalue weighted by Crippen LogP contribution is 1.60. The van der Waals surface area contributed by atoms with Crippen LogP contribution in [-0.2, 0) is 0 Å². The van der Waals surface area contributed by atoms with Crippen LogP contribution in [-0.4, -0.2) is 23.6 Å². The van der Waals surface area contributed by atoms with E-state index in [2.05, 4.69) is 5.73 Å². The Kier molecular flexibility index (Phi) is 12.8. The predicted molar refractivity (Wildman–Crippen MR) is 32.0 cm³/mol. The predicted octanol–water partition coefficient (Wildman–Crippen LogP) is -0.193. The van der Waals surface area contributed by atoms with Crippen LogP contribution >= 0.6 is 11.6 Å². The fourth-order valence-electron chi connectivity index (χ4n) is 0. The minimum Gasteiger partial charge on any atom is -0.465 e. The molecule has 0 aliphatic heterocycles. The Labute approximate surface area is 52.4 Å². The lowest BCUT2D eigenvalue weighted by Crippen LogP contribution is -2.03. The van der Waals surface area contributed by atoms with Crippen molar-refractivity contribution in [2.24, 2.45) is 11.5 Å². The van der Waals surface area contributed by atoms with E-state index in [-0.39, 0.29) is 0 Å². The number of carbonyl (C=O) groups is 1. The van der Waals surface area contributed by atoms with Crippen molar-refractivity contribution in [3.63, 3.8) is 0 Å². The molecule has 0 saturated carbocycles.